The van der Waals surface area contributed by atoms with Crippen LogP contribution in [0.2, 0.25) is 0 Å². The first-order valence-corrected chi connectivity index (χ1v) is 7.78. The monoisotopic (exact) mass is 254 g/mol. The third-order valence-electron chi connectivity index (χ3n) is 4.07. The van der Waals surface area contributed by atoms with Gasteiger partial charge in [-0.05, 0) is 25.8 Å². The molecule has 2 unspecified atom stereocenters. The van der Waals surface area contributed by atoms with Crippen molar-refractivity contribution in [2.24, 2.45) is 11.7 Å². The van der Waals surface area contributed by atoms with Crippen LogP contribution in [0.4, 0.5) is 0 Å². The first-order valence-electron chi connectivity index (χ1n) is 7.78. The van der Waals surface area contributed by atoms with E-state index in [-0.39, 0.29) is 11.8 Å². The minimum atomic E-state index is -0.116. The molecule has 3 heteroatoms. The second-order valence-electron chi connectivity index (χ2n) is 5.62. The van der Waals surface area contributed by atoms with E-state index in [1.165, 1.54) is 44.9 Å². The summed E-state index contributed by atoms with van der Waals surface area (Å²) in [5.74, 6) is -0.0472. The lowest BCUT2D eigenvalue weighted by Crippen LogP contribution is -2.46. The minimum absolute atomic E-state index is 0.0684. The molecular weight excluding hydrogens is 224 g/mol. The third kappa shape index (κ3) is 5.85. The highest BCUT2D eigenvalue weighted by molar-refractivity contribution is 5.77. The number of primary amides is 1. The Labute approximate surface area is 112 Å². The van der Waals surface area contributed by atoms with Gasteiger partial charge < -0.3 is 11.1 Å². The van der Waals surface area contributed by atoms with Gasteiger partial charge in [-0.3, -0.25) is 4.79 Å². The van der Waals surface area contributed by atoms with Crippen LogP contribution < -0.4 is 11.1 Å². The van der Waals surface area contributed by atoms with Crippen molar-refractivity contribution >= 4 is 5.91 Å². The number of unbranched alkanes of at least 4 members (excludes halogenated alkanes) is 6. The summed E-state index contributed by atoms with van der Waals surface area (Å²) in [7, 11) is 0. The fourth-order valence-corrected chi connectivity index (χ4v) is 2.92. The van der Waals surface area contributed by atoms with Gasteiger partial charge in [-0.25, -0.2) is 0 Å². The van der Waals surface area contributed by atoms with Gasteiger partial charge in [-0.15, -0.1) is 0 Å². The Kier molecular flexibility index (Phi) is 8.06. The Morgan fingerprint density at radius 2 is 1.83 bits per heavy atom. The van der Waals surface area contributed by atoms with Gasteiger partial charge in [0.2, 0.25) is 5.91 Å². The molecule has 3 N–H and O–H groups in total. The van der Waals surface area contributed by atoms with Crippen LogP contribution in [-0.4, -0.2) is 18.5 Å². The van der Waals surface area contributed by atoms with Crippen LogP contribution in [-0.2, 0) is 4.79 Å². The molecule has 106 valence electrons. The lowest BCUT2D eigenvalue weighted by Gasteiger charge is -2.30. The quantitative estimate of drug-likeness (QED) is 0.621. The van der Waals surface area contributed by atoms with Crippen molar-refractivity contribution in [2.45, 2.75) is 77.2 Å². The van der Waals surface area contributed by atoms with Crippen LogP contribution >= 0.6 is 0 Å². The Morgan fingerprint density at radius 1 is 1.17 bits per heavy atom. The molecule has 1 rings (SSSR count). The summed E-state index contributed by atoms with van der Waals surface area (Å²) in [6.45, 7) is 3.30. The highest BCUT2D eigenvalue weighted by Gasteiger charge is 2.28. The Morgan fingerprint density at radius 3 is 2.50 bits per heavy atom. The van der Waals surface area contributed by atoms with Crippen molar-refractivity contribution in [2.75, 3.05) is 6.54 Å². The lowest BCUT2D eigenvalue weighted by atomic mass is 9.87. The first kappa shape index (κ1) is 15.5. The van der Waals surface area contributed by atoms with Crippen molar-refractivity contribution in [3.8, 4) is 0 Å². The summed E-state index contributed by atoms with van der Waals surface area (Å²) in [5, 5.41) is 3.46. The van der Waals surface area contributed by atoms with Gasteiger partial charge in [-0.1, -0.05) is 51.9 Å². The van der Waals surface area contributed by atoms with Crippen molar-refractivity contribution in [1.82, 2.24) is 5.32 Å². The third-order valence-corrected chi connectivity index (χ3v) is 4.07. The summed E-state index contributed by atoms with van der Waals surface area (Å²) in [6.07, 6.45) is 12.5. The van der Waals surface area contributed by atoms with Gasteiger partial charge >= 0.3 is 0 Å². The molecule has 1 aliphatic heterocycles. The van der Waals surface area contributed by atoms with Crippen molar-refractivity contribution in [1.29, 1.82) is 0 Å². The van der Waals surface area contributed by atoms with Crippen LogP contribution in [0.15, 0.2) is 0 Å². The van der Waals surface area contributed by atoms with Crippen LogP contribution in [0.3, 0.4) is 0 Å². The molecule has 0 saturated carbocycles. The summed E-state index contributed by atoms with van der Waals surface area (Å²) >= 11 is 0. The fraction of sp³-hybridized carbons (Fsp3) is 0.933. The molecule has 18 heavy (non-hydrogen) atoms. The van der Waals surface area contributed by atoms with E-state index >= 15 is 0 Å². The average molecular weight is 254 g/mol. The van der Waals surface area contributed by atoms with Gasteiger partial charge in [0.05, 0.1) is 5.92 Å². The van der Waals surface area contributed by atoms with E-state index in [9.17, 15) is 4.79 Å². The molecule has 0 aliphatic carbocycles. The summed E-state index contributed by atoms with van der Waals surface area (Å²) in [6, 6.07) is 0.340. The molecule has 0 aromatic rings. The predicted octanol–water partition coefficient (Wildman–Crippen LogP) is 2.98. The molecule has 1 aliphatic rings. The predicted molar refractivity (Wildman–Crippen MR) is 76.3 cm³/mol. The van der Waals surface area contributed by atoms with Crippen LogP contribution in [0.25, 0.3) is 0 Å². The number of hydrogen-bond acceptors (Lipinski definition) is 2. The highest BCUT2D eigenvalue weighted by Crippen LogP contribution is 2.21. The summed E-state index contributed by atoms with van der Waals surface area (Å²) < 4.78 is 0. The van der Waals surface area contributed by atoms with E-state index in [1.807, 2.05) is 0 Å². The molecule has 1 amide bonds. The molecule has 1 heterocycles. The molecular formula is C15H30N2O. The average Bonchev–Trinajstić information content (AvgIpc) is 2.38. The summed E-state index contributed by atoms with van der Waals surface area (Å²) in [5.41, 5.74) is 5.46. The summed E-state index contributed by atoms with van der Waals surface area (Å²) in [4.78, 5) is 11.4. The molecule has 0 radical (unpaired) electrons. The molecule has 0 aromatic carbocycles. The van der Waals surface area contributed by atoms with E-state index in [1.54, 1.807) is 0 Å². The number of nitrogens with two attached hydrogens (primary N) is 1. The van der Waals surface area contributed by atoms with Crippen molar-refractivity contribution in [3.05, 3.63) is 0 Å². The Hall–Kier alpha value is -0.570. The normalized spacial score (nSPS) is 24.1. The maximum Gasteiger partial charge on any atom is 0.222 e. The van der Waals surface area contributed by atoms with Gasteiger partial charge in [0.1, 0.15) is 0 Å². The first-order chi connectivity index (χ1) is 8.75. The van der Waals surface area contributed by atoms with Gasteiger partial charge in [0.15, 0.2) is 0 Å². The number of piperidine rings is 1. The van der Waals surface area contributed by atoms with Crippen molar-refractivity contribution < 1.29 is 4.79 Å². The maximum absolute atomic E-state index is 11.4. The van der Waals surface area contributed by atoms with E-state index in [2.05, 4.69) is 12.2 Å². The zero-order chi connectivity index (χ0) is 13.2. The van der Waals surface area contributed by atoms with Gasteiger partial charge in [-0.2, -0.15) is 0 Å². The Bertz CT molecular complexity index is 231. The molecule has 0 aromatic heterocycles. The lowest BCUT2D eigenvalue weighted by molar-refractivity contribution is -0.123. The van der Waals surface area contributed by atoms with Crippen LogP contribution in [0.5, 0.6) is 0 Å². The van der Waals surface area contributed by atoms with Gasteiger partial charge in [0.25, 0.3) is 0 Å². The van der Waals surface area contributed by atoms with Crippen LogP contribution in [0, 0.1) is 5.92 Å². The van der Waals surface area contributed by atoms with E-state index in [0.717, 1.165) is 25.8 Å². The number of hydrogen-bond donors (Lipinski definition) is 2. The fourth-order valence-electron chi connectivity index (χ4n) is 2.92. The molecule has 0 spiro atoms. The zero-order valence-corrected chi connectivity index (χ0v) is 11.9. The van der Waals surface area contributed by atoms with Crippen molar-refractivity contribution in [3.63, 3.8) is 0 Å². The van der Waals surface area contributed by atoms with Crippen LogP contribution in [0.1, 0.15) is 71.1 Å². The minimum Gasteiger partial charge on any atom is -0.369 e. The second kappa shape index (κ2) is 9.37. The molecule has 1 saturated heterocycles. The largest absolute Gasteiger partial charge is 0.369 e. The molecule has 3 nitrogen and oxygen atoms in total. The number of carbonyl (C=O) groups excluding carboxylic acids is 1. The van der Waals surface area contributed by atoms with E-state index < -0.39 is 0 Å². The molecule has 0 bridgehead atoms. The SMILES string of the molecule is CCCCCCCCCC1NCCCC1C(N)=O. The Balaban J connectivity index is 2.07. The van der Waals surface area contributed by atoms with Gasteiger partial charge in [0, 0.05) is 6.04 Å². The highest BCUT2D eigenvalue weighted by atomic mass is 16.1. The zero-order valence-electron chi connectivity index (χ0n) is 11.9. The van der Waals surface area contributed by atoms with E-state index in [4.69, 9.17) is 5.73 Å². The second-order valence-corrected chi connectivity index (χ2v) is 5.62. The number of amides is 1. The van der Waals surface area contributed by atoms with E-state index in [0.29, 0.717) is 6.04 Å². The topological polar surface area (TPSA) is 55.1 Å². The number of nitrogens with one attached hydrogen (secondary N) is 1. The molecule has 2 atom stereocenters. The maximum atomic E-state index is 11.4. The number of carbonyl (C=O) groups is 1. The number of rotatable bonds is 9. The molecule has 1 fully saturated rings. The smallest absolute Gasteiger partial charge is 0.222 e. The standard InChI is InChI=1S/C15H30N2O/c1-2-3-4-5-6-7-8-11-14-13(15(16)18)10-9-12-17-14/h13-14,17H,2-12H2,1H3,(H2,16,18).